The minimum absolute atomic E-state index is 0. The Morgan fingerprint density at radius 1 is 1.56 bits per heavy atom. The highest BCUT2D eigenvalue weighted by molar-refractivity contribution is 7.99. The van der Waals surface area contributed by atoms with Gasteiger partial charge in [0.05, 0.1) is 0 Å². The fraction of sp³-hybridized carbons (Fsp3) is 0.583. The van der Waals surface area contributed by atoms with Crippen LogP contribution in [0.4, 0.5) is 0 Å². The molecule has 0 bridgehead atoms. The molecule has 1 aromatic rings. The molecule has 1 atom stereocenters. The molecule has 2 N–H and O–H groups in total. The standard InChI is InChI=1S/C12H18N2OS2.ClH/c15-12(7-11-9-17-6-4-13-11)14-3-1-10-2-5-16-8-10;/h2,5,8,11,13H,1,3-4,6-7,9H2,(H,14,15);1H. The summed E-state index contributed by atoms with van der Waals surface area (Å²) in [6.07, 6.45) is 1.54. The summed E-state index contributed by atoms with van der Waals surface area (Å²) in [6.45, 7) is 1.77. The van der Waals surface area contributed by atoms with Gasteiger partial charge < -0.3 is 10.6 Å². The van der Waals surface area contributed by atoms with Crippen LogP contribution in [0.1, 0.15) is 12.0 Å². The Kier molecular flexibility index (Phi) is 7.74. The number of halogens is 1. The molecule has 1 fully saturated rings. The number of thioether (sulfide) groups is 1. The Balaban J connectivity index is 0.00000162. The first kappa shape index (κ1) is 15.8. The van der Waals surface area contributed by atoms with E-state index in [9.17, 15) is 4.79 Å². The minimum Gasteiger partial charge on any atom is -0.356 e. The molecule has 2 rings (SSSR count). The van der Waals surface area contributed by atoms with Crippen molar-refractivity contribution in [2.24, 2.45) is 0 Å². The molecule has 3 nitrogen and oxygen atoms in total. The normalized spacial score (nSPS) is 19.0. The number of thiophene rings is 1. The van der Waals surface area contributed by atoms with E-state index in [2.05, 4.69) is 27.5 Å². The molecule has 0 radical (unpaired) electrons. The highest BCUT2D eigenvalue weighted by Crippen LogP contribution is 2.10. The van der Waals surface area contributed by atoms with E-state index in [0.717, 1.165) is 31.0 Å². The lowest BCUT2D eigenvalue weighted by molar-refractivity contribution is -0.121. The van der Waals surface area contributed by atoms with Gasteiger partial charge in [-0.25, -0.2) is 0 Å². The Morgan fingerprint density at radius 3 is 3.11 bits per heavy atom. The first-order valence-corrected chi connectivity index (χ1v) is 8.03. The fourth-order valence-corrected chi connectivity index (χ4v) is 3.48. The van der Waals surface area contributed by atoms with E-state index in [-0.39, 0.29) is 18.3 Å². The lowest BCUT2D eigenvalue weighted by Gasteiger charge is -2.22. The van der Waals surface area contributed by atoms with Gasteiger partial charge in [-0.2, -0.15) is 23.1 Å². The Bertz CT molecular complexity index is 340. The summed E-state index contributed by atoms with van der Waals surface area (Å²) in [6, 6.07) is 2.46. The van der Waals surface area contributed by atoms with Gasteiger partial charge in [0, 0.05) is 37.1 Å². The van der Waals surface area contributed by atoms with Crippen LogP contribution in [0.5, 0.6) is 0 Å². The van der Waals surface area contributed by atoms with E-state index in [1.807, 2.05) is 11.8 Å². The Morgan fingerprint density at radius 2 is 2.44 bits per heavy atom. The fourth-order valence-electron chi connectivity index (χ4n) is 1.83. The molecule has 0 spiro atoms. The summed E-state index contributed by atoms with van der Waals surface area (Å²) in [5.41, 5.74) is 1.31. The van der Waals surface area contributed by atoms with Crippen molar-refractivity contribution in [3.63, 3.8) is 0 Å². The molecule has 0 aromatic carbocycles. The average molecular weight is 307 g/mol. The maximum atomic E-state index is 11.7. The van der Waals surface area contributed by atoms with Gasteiger partial charge >= 0.3 is 0 Å². The summed E-state index contributed by atoms with van der Waals surface area (Å²) in [5, 5.41) is 10.6. The second-order valence-corrected chi connectivity index (χ2v) is 6.09. The smallest absolute Gasteiger partial charge is 0.221 e. The predicted molar refractivity (Wildman–Crippen MR) is 82.0 cm³/mol. The highest BCUT2D eigenvalue weighted by atomic mass is 35.5. The van der Waals surface area contributed by atoms with Gasteiger partial charge in [-0.15, -0.1) is 12.4 Å². The lowest BCUT2D eigenvalue weighted by Crippen LogP contribution is -2.41. The zero-order valence-electron chi connectivity index (χ0n) is 10.2. The van der Waals surface area contributed by atoms with E-state index < -0.39 is 0 Å². The summed E-state index contributed by atoms with van der Waals surface area (Å²) in [4.78, 5) is 11.7. The average Bonchev–Trinajstić information content (AvgIpc) is 2.83. The Hall–Kier alpha value is -0.230. The molecule has 1 aliphatic heterocycles. The molecular formula is C12H19ClN2OS2. The van der Waals surface area contributed by atoms with Crippen LogP contribution in [0.25, 0.3) is 0 Å². The van der Waals surface area contributed by atoms with Crippen LogP contribution >= 0.6 is 35.5 Å². The van der Waals surface area contributed by atoms with Gasteiger partial charge in [-0.1, -0.05) is 0 Å². The highest BCUT2D eigenvalue weighted by Gasteiger charge is 2.16. The minimum atomic E-state index is 0. The van der Waals surface area contributed by atoms with Gasteiger partial charge in [0.15, 0.2) is 0 Å². The van der Waals surface area contributed by atoms with Crippen molar-refractivity contribution >= 4 is 41.4 Å². The largest absolute Gasteiger partial charge is 0.356 e. The van der Waals surface area contributed by atoms with E-state index >= 15 is 0 Å². The van der Waals surface area contributed by atoms with Crippen molar-refractivity contribution in [3.8, 4) is 0 Å². The lowest BCUT2D eigenvalue weighted by atomic mass is 10.2. The van der Waals surface area contributed by atoms with Crippen LogP contribution in [-0.2, 0) is 11.2 Å². The van der Waals surface area contributed by atoms with E-state index in [1.54, 1.807) is 11.3 Å². The van der Waals surface area contributed by atoms with Crippen LogP contribution in [-0.4, -0.2) is 36.5 Å². The van der Waals surface area contributed by atoms with Gasteiger partial charge in [-0.05, 0) is 28.8 Å². The molecule has 1 aliphatic rings. The van der Waals surface area contributed by atoms with Crippen molar-refractivity contribution in [2.45, 2.75) is 18.9 Å². The molecule has 6 heteroatoms. The molecule has 1 unspecified atom stereocenters. The summed E-state index contributed by atoms with van der Waals surface area (Å²) < 4.78 is 0. The third-order valence-corrected chi connectivity index (χ3v) is 4.61. The number of hydrogen-bond donors (Lipinski definition) is 2. The second-order valence-electron chi connectivity index (χ2n) is 4.16. The van der Waals surface area contributed by atoms with Gasteiger partial charge in [0.1, 0.15) is 0 Å². The summed E-state index contributed by atoms with van der Waals surface area (Å²) in [5.74, 6) is 2.38. The molecule has 1 amide bonds. The maximum absolute atomic E-state index is 11.7. The third kappa shape index (κ3) is 5.61. The van der Waals surface area contributed by atoms with Crippen LogP contribution in [0.2, 0.25) is 0 Å². The number of hydrogen-bond acceptors (Lipinski definition) is 4. The first-order chi connectivity index (χ1) is 8.34. The van der Waals surface area contributed by atoms with Crippen molar-refractivity contribution in [2.75, 3.05) is 24.6 Å². The van der Waals surface area contributed by atoms with E-state index in [4.69, 9.17) is 0 Å². The molecule has 0 saturated carbocycles. The quantitative estimate of drug-likeness (QED) is 0.873. The van der Waals surface area contributed by atoms with Crippen molar-refractivity contribution in [1.82, 2.24) is 10.6 Å². The molecular weight excluding hydrogens is 288 g/mol. The molecule has 1 aromatic heterocycles. The van der Waals surface area contributed by atoms with Crippen molar-refractivity contribution < 1.29 is 4.79 Å². The van der Waals surface area contributed by atoms with Gasteiger partial charge in [0.25, 0.3) is 0 Å². The second kappa shape index (κ2) is 8.80. The van der Waals surface area contributed by atoms with E-state index in [1.165, 1.54) is 5.56 Å². The van der Waals surface area contributed by atoms with Crippen LogP contribution in [0, 0.1) is 0 Å². The molecule has 0 aliphatic carbocycles. The number of carbonyl (C=O) groups is 1. The molecule has 2 heterocycles. The predicted octanol–water partition coefficient (Wildman–Crippen LogP) is 1.92. The topological polar surface area (TPSA) is 41.1 Å². The van der Waals surface area contributed by atoms with E-state index in [0.29, 0.717) is 12.5 Å². The third-order valence-electron chi connectivity index (χ3n) is 2.75. The number of amides is 1. The molecule has 18 heavy (non-hydrogen) atoms. The zero-order chi connectivity index (χ0) is 11.9. The monoisotopic (exact) mass is 306 g/mol. The van der Waals surface area contributed by atoms with Gasteiger partial charge in [-0.3, -0.25) is 4.79 Å². The van der Waals surface area contributed by atoms with Gasteiger partial charge in [0.2, 0.25) is 5.91 Å². The number of nitrogens with one attached hydrogen (secondary N) is 2. The Labute approximate surface area is 123 Å². The van der Waals surface area contributed by atoms with Crippen LogP contribution in [0.15, 0.2) is 16.8 Å². The maximum Gasteiger partial charge on any atom is 0.221 e. The first-order valence-electron chi connectivity index (χ1n) is 5.93. The number of carbonyl (C=O) groups excluding carboxylic acids is 1. The number of rotatable bonds is 5. The SMILES string of the molecule is Cl.O=C(CC1CSCCN1)NCCc1ccsc1. The van der Waals surface area contributed by atoms with Crippen molar-refractivity contribution in [1.29, 1.82) is 0 Å². The van der Waals surface area contributed by atoms with Crippen LogP contribution in [0.3, 0.4) is 0 Å². The zero-order valence-corrected chi connectivity index (χ0v) is 12.6. The summed E-state index contributed by atoms with van der Waals surface area (Å²) in [7, 11) is 0. The van der Waals surface area contributed by atoms with Crippen molar-refractivity contribution in [3.05, 3.63) is 22.4 Å². The molecule has 102 valence electrons. The summed E-state index contributed by atoms with van der Waals surface area (Å²) >= 11 is 3.63. The van der Waals surface area contributed by atoms with Crippen LogP contribution < -0.4 is 10.6 Å². The molecule has 1 saturated heterocycles.